The van der Waals surface area contributed by atoms with E-state index in [2.05, 4.69) is 15.3 Å². The number of amides is 1. The average molecular weight is 292 g/mol. The zero-order valence-corrected chi connectivity index (χ0v) is 11.4. The molecule has 20 heavy (non-hydrogen) atoms. The van der Waals surface area contributed by atoms with E-state index in [0.29, 0.717) is 10.9 Å². The number of thiophene rings is 1. The number of carboxylic acids is 1. The summed E-state index contributed by atoms with van der Waals surface area (Å²) in [4.78, 5) is 32.4. The van der Waals surface area contributed by atoms with Crippen LogP contribution in [0, 0.1) is 0 Å². The van der Waals surface area contributed by atoms with Crippen molar-refractivity contribution < 1.29 is 14.7 Å². The number of carboxylic acid groups (broad SMARTS) is 1. The third-order valence-corrected chi connectivity index (χ3v) is 3.25. The lowest BCUT2D eigenvalue weighted by Crippen LogP contribution is -2.31. The lowest BCUT2D eigenvalue weighted by atomic mass is 10.3. The highest BCUT2D eigenvalue weighted by Gasteiger charge is 2.15. The molecule has 7 nitrogen and oxygen atoms in total. The van der Waals surface area contributed by atoms with Gasteiger partial charge >= 0.3 is 5.97 Å². The van der Waals surface area contributed by atoms with Gasteiger partial charge in [0.2, 0.25) is 11.9 Å². The molecule has 2 aromatic heterocycles. The lowest BCUT2D eigenvalue weighted by molar-refractivity contribution is -0.114. The number of hydrogen-bond acceptors (Lipinski definition) is 6. The molecular formula is C12H12N4O3S. The van der Waals surface area contributed by atoms with Crippen molar-refractivity contribution in [3.8, 4) is 0 Å². The highest BCUT2D eigenvalue weighted by Crippen LogP contribution is 2.23. The Hall–Kier alpha value is -2.48. The van der Waals surface area contributed by atoms with E-state index in [9.17, 15) is 9.59 Å². The van der Waals surface area contributed by atoms with Crippen LogP contribution in [0.2, 0.25) is 0 Å². The third kappa shape index (κ3) is 3.29. The minimum Gasteiger partial charge on any atom is -0.478 e. The minimum atomic E-state index is -1.07. The molecule has 0 atom stereocenters. The molecule has 0 fully saturated rings. The molecule has 2 N–H and O–H groups in total. The second-order valence-corrected chi connectivity index (χ2v) is 4.84. The van der Waals surface area contributed by atoms with Crippen LogP contribution < -0.4 is 10.2 Å². The molecule has 0 spiro atoms. The zero-order chi connectivity index (χ0) is 14.5. The van der Waals surface area contributed by atoms with Gasteiger partial charge in [-0.05, 0) is 17.5 Å². The number of nitrogens with one attached hydrogen (secondary N) is 1. The first-order chi connectivity index (χ1) is 9.58. The Balaban J connectivity index is 1.99. The molecule has 0 saturated heterocycles. The first kappa shape index (κ1) is 13.9. The first-order valence-corrected chi connectivity index (χ1v) is 6.54. The molecule has 8 heteroatoms. The second kappa shape index (κ2) is 6.11. The van der Waals surface area contributed by atoms with Crippen molar-refractivity contribution >= 4 is 34.2 Å². The minimum absolute atomic E-state index is 0.0287. The number of carbonyl (C=O) groups is 2. The summed E-state index contributed by atoms with van der Waals surface area (Å²) in [5.74, 6) is -0.974. The van der Waals surface area contributed by atoms with Crippen molar-refractivity contribution in [3.05, 3.63) is 35.5 Å². The van der Waals surface area contributed by atoms with Crippen molar-refractivity contribution in [1.82, 2.24) is 9.97 Å². The maximum absolute atomic E-state index is 11.9. The summed E-state index contributed by atoms with van der Waals surface area (Å²) in [6.07, 6.45) is 3.16. The van der Waals surface area contributed by atoms with Crippen LogP contribution in [0.1, 0.15) is 10.4 Å². The van der Waals surface area contributed by atoms with E-state index < -0.39 is 5.97 Å². The van der Waals surface area contributed by atoms with E-state index >= 15 is 0 Å². The summed E-state index contributed by atoms with van der Waals surface area (Å²) >= 11 is 1.17. The lowest BCUT2D eigenvalue weighted by Gasteiger charge is -2.15. The molecular weight excluding hydrogens is 280 g/mol. The predicted molar refractivity (Wildman–Crippen MR) is 75.2 cm³/mol. The average Bonchev–Trinajstić information content (AvgIpc) is 2.87. The highest BCUT2D eigenvalue weighted by atomic mass is 32.1. The maximum atomic E-state index is 11.9. The van der Waals surface area contributed by atoms with Gasteiger partial charge < -0.3 is 15.3 Å². The number of nitrogens with zero attached hydrogens (tertiary/aromatic N) is 3. The summed E-state index contributed by atoms with van der Waals surface area (Å²) in [7, 11) is 1.68. The molecule has 104 valence electrons. The quantitative estimate of drug-likeness (QED) is 0.862. The van der Waals surface area contributed by atoms with Gasteiger partial charge in [0.1, 0.15) is 5.00 Å². The second-order valence-electron chi connectivity index (χ2n) is 3.92. The molecule has 2 rings (SSSR count). The van der Waals surface area contributed by atoms with Gasteiger partial charge in [0, 0.05) is 19.4 Å². The van der Waals surface area contributed by atoms with Crippen LogP contribution >= 0.6 is 11.3 Å². The predicted octanol–water partition coefficient (Wildman–Crippen LogP) is 1.31. The van der Waals surface area contributed by atoms with E-state index in [4.69, 9.17) is 5.11 Å². The van der Waals surface area contributed by atoms with Crippen molar-refractivity contribution in [2.24, 2.45) is 0 Å². The van der Waals surface area contributed by atoms with Crippen LogP contribution in [-0.4, -0.2) is 40.5 Å². The standard InChI is InChI=1S/C12H12N4O3S/c1-16(12-13-4-2-5-14-12)7-9(17)15-10-8(11(18)19)3-6-20-10/h2-6H,7H2,1H3,(H,15,17)(H,18,19). The van der Waals surface area contributed by atoms with Crippen LogP contribution in [0.5, 0.6) is 0 Å². The van der Waals surface area contributed by atoms with Gasteiger partial charge in [-0.3, -0.25) is 4.79 Å². The van der Waals surface area contributed by atoms with E-state index in [0.717, 1.165) is 0 Å². The largest absolute Gasteiger partial charge is 0.478 e. The van der Waals surface area contributed by atoms with Gasteiger partial charge in [-0.25, -0.2) is 14.8 Å². The van der Waals surface area contributed by atoms with Crippen molar-refractivity contribution in [2.75, 3.05) is 23.8 Å². The van der Waals surface area contributed by atoms with Gasteiger partial charge in [-0.15, -0.1) is 11.3 Å². The maximum Gasteiger partial charge on any atom is 0.338 e. The molecule has 0 bridgehead atoms. The number of rotatable bonds is 5. The molecule has 0 aliphatic heterocycles. The van der Waals surface area contributed by atoms with E-state index in [-0.39, 0.29) is 18.0 Å². The van der Waals surface area contributed by atoms with Crippen LogP contribution in [0.15, 0.2) is 29.9 Å². The monoisotopic (exact) mass is 292 g/mol. The Labute approximate surface area is 118 Å². The van der Waals surface area contributed by atoms with Crippen molar-refractivity contribution in [2.45, 2.75) is 0 Å². The van der Waals surface area contributed by atoms with E-state index in [1.807, 2.05) is 0 Å². The van der Waals surface area contributed by atoms with E-state index in [1.165, 1.54) is 17.4 Å². The third-order valence-electron chi connectivity index (χ3n) is 2.42. The normalized spacial score (nSPS) is 10.1. The molecule has 0 aromatic carbocycles. The molecule has 2 heterocycles. The number of carbonyl (C=O) groups excluding carboxylic acids is 1. The Morgan fingerprint density at radius 1 is 1.40 bits per heavy atom. The summed E-state index contributed by atoms with van der Waals surface area (Å²) < 4.78 is 0. The topological polar surface area (TPSA) is 95.4 Å². The molecule has 0 radical (unpaired) electrons. The summed E-state index contributed by atoms with van der Waals surface area (Å²) in [6, 6.07) is 3.13. The van der Waals surface area contributed by atoms with Gasteiger partial charge in [0.15, 0.2) is 0 Å². The number of hydrogen-bond donors (Lipinski definition) is 2. The molecule has 0 aliphatic carbocycles. The van der Waals surface area contributed by atoms with Crippen LogP contribution in [0.25, 0.3) is 0 Å². The van der Waals surface area contributed by atoms with Crippen molar-refractivity contribution in [1.29, 1.82) is 0 Å². The molecule has 2 aromatic rings. The van der Waals surface area contributed by atoms with Gasteiger partial charge in [-0.2, -0.15) is 0 Å². The molecule has 1 amide bonds. The fourth-order valence-corrected chi connectivity index (χ4v) is 2.31. The Kier molecular flexibility index (Phi) is 4.26. The van der Waals surface area contributed by atoms with Gasteiger partial charge in [-0.1, -0.05) is 0 Å². The molecule has 0 unspecified atom stereocenters. The summed E-state index contributed by atoms with van der Waals surface area (Å²) in [5, 5.41) is 13.5. The Morgan fingerprint density at radius 2 is 2.10 bits per heavy atom. The highest BCUT2D eigenvalue weighted by molar-refractivity contribution is 7.14. The zero-order valence-electron chi connectivity index (χ0n) is 10.6. The van der Waals surface area contributed by atoms with Crippen LogP contribution in [0.4, 0.5) is 10.9 Å². The summed E-state index contributed by atoms with van der Waals surface area (Å²) in [5.41, 5.74) is 0.0852. The number of aromatic nitrogens is 2. The number of aromatic carboxylic acids is 1. The number of likely N-dealkylation sites (N-methyl/N-ethyl adjacent to an activating group) is 1. The fraction of sp³-hybridized carbons (Fsp3) is 0.167. The van der Waals surface area contributed by atoms with Crippen molar-refractivity contribution in [3.63, 3.8) is 0 Å². The van der Waals surface area contributed by atoms with Crippen LogP contribution in [-0.2, 0) is 4.79 Å². The Morgan fingerprint density at radius 3 is 2.75 bits per heavy atom. The smallest absolute Gasteiger partial charge is 0.338 e. The van der Waals surface area contributed by atoms with Gasteiger partial charge in [0.05, 0.1) is 12.1 Å². The van der Waals surface area contributed by atoms with E-state index in [1.54, 1.807) is 35.8 Å². The molecule has 0 aliphatic rings. The Bertz CT molecular complexity index is 614. The van der Waals surface area contributed by atoms with Gasteiger partial charge in [0.25, 0.3) is 0 Å². The summed E-state index contributed by atoms with van der Waals surface area (Å²) in [6.45, 7) is 0.0287. The fourth-order valence-electron chi connectivity index (χ4n) is 1.52. The molecule has 0 saturated carbocycles. The SMILES string of the molecule is CN(CC(=O)Nc1sccc1C(=O)O)c1ncccn1. The number of anilines is 2. The first-order valence-electron chi connectivity index (χ1n) is 5.66. The van der Waals surface area contributed by atoms with Crippen LogP contribution in [0.3, 0.4) is 0 Å².